The van der Waals surface area contributed by atoms with Crippen molar-refractivity contribution >= 4 is 5.97 Å². The van der Waals surface area contributed by atoms with E-state index in [1.165, 1.54) is 13.3 Å². The minimum Gasteiger partial charge on any atom is -0.460 e. The zero-order valence-corrected chi connectivity index (χ0v) is 8.93. The highest BCUT2D eigenvalue weighted by Crippen LogP contribution is 2.30. The Morgan fingerprint density at radius 1 is 1.47 bits per heavy atom. The van der Waals surface area contributed by atoms with Gasteiger partial charge in [0, 0.05) is 19.3 Å². The Morgan fingerprint density at radius 2 is 2.27 bits per heavy atom. The second-order valence-electron chi connectivity index (χ2n) is 4.01. The van der Waals surface area contributed by atoms with Crippen LogP contribution in [0, 0.1) is 0 Å². The third kappa shape index (κ3) is 2.37. The van der Waals surface area contributed by atoms with E-state index < -0.39 is 0 Å². The molecule has 1 aliphatic carbocycles. The molecule has 1 aromatic heterocycles. The van der Waals surface area contributed by atoms with Crippen molar-refractivity contribution in [3.05, 3.63) is 18.7 Å². The number of nitrogens with zero attached hydrogens (tertiary/aromatic N) is 2. The van der Waals surface area contributed by atoms with Crippen LogP contribution in [-0.4, -0.2) is 21.6 Å². The molecule has 1 fully saturated rings. The van der Waals surface area contributed by atoms with E-state index in [0.717, 1.165) is 19.3 Å². The SMILES string of the molecule is CC(=O)O[C@H]1CCCC[C@@H]1n1ccnc1. The van der Waals surface area contributed by atoms with Gasteiger partial charge in [-0.05, 0) is 19.3 Å². The molecule has 0 unspecified atom stereocenters. The molecule has 4 heteroatoms. The Labute approximate surface area is 89.3 Å². The Balaban J connectivity index is 2.09. The summed E-state index contributed by atoms with van der Waals surface area (Å²) in [5, 5.41) is 0. The first kappa shape index (κ1) is 10.2. The summed E-state index contributed by atoms with van der Waals surface area (Å²) in [7, 11) is 0. The summed E-state index contributed by atoms with van der Waals surface area (Å²) in [6, 6.07) is 0.269. The summed E-state index contributed by atoms with van der Waals surface area (Å²) in [5.74, 6) is -0.188. The smallest absolute Gasteiger partial charge is 0.302 e. The van der Waals surface area contributed by atoms with E-state index in [4.69, 9.17) is 4.74 Å². The van der Waals surface area contributed by atoms with Crippen LogP contribution in [0.5, 0.6) is 0 Å². The van der Waals surface area contributed by atoms with Gasteiger partial charge in [0.25, 0.3) is 0 Å². The Hall–Kier alpha value is -1.32. The predicted octanol–water partition coefficient (Wildman–Crippen LogP) is 1.93. The fourth-order valence-electron chi connectivity index (χ4n) is 2.23. The highest BCUT2D eigenvalue weighted by molar-refractivity contribution is 5.66. The highest BCUT2D eigenvalue weighted by Gasteiger charge is 2.28. The van der Waals surface area contributed by atoms with Crippen molar-refractivity contribution in [2.24, 2.45) is 0 Å². The molecule has 0 aromatic carbocycles. The summed E-state index contributed by atoms with van der Waals surface area (Å²) < 4.78 is 7.39. The molecule has 1 saturated carbocycles. The van der Waals surface area contributed by atoms with E-state index in [1.807, 2.05) is 10.8 Å². The normalized spacial score (nSPS) is 26.2. The van der Waals surface area contributed by atoms with Gasteiger partial charge in [0.05, 0.1) is 12.4 Å². The molecule has 0 N–H and O–H groups in total. The van der Waals surface area contributed by atoms with Crippen LogP contribution in [0.15, 0.2) is 18.7 Å². The summed E-state index contributed by atoms with van der Waals surface area (Å²) in [4.78, 5) is 15.0. The van der Waals surface area contributed by atoms with Gasteiger partial charge in [-0.3, -0.25) is 4.79 Å². The molecule has 1 aliphatic rings. The summed E-state index contributed by atoms with van der Waals surface area (Å²) >= 11 is 0. The van der Waals surface area contributed by atoms with E-state index in [2.05, 4.69) is 4.98 Å². The summed E-state index contributed by atoms with van der Waals surface area (Å²) in [5.41, 5.74) is 0. The van der Waals surface area contributed by atoms with Gasteiger partial charge in [0.2, 0.25) is 0 Å². The average Bonchev–Trinajstić information content (AvgIpc) is 2.70. The number of hydrogen-bond acceptors (Lipinski definition) is 3. The van der Waals surface area contributed by atoms with Gasteiger partial charge in [0.15, 0.2) is 0 Å². The number of carbonyl (C=O) groups is 1. The Morgan fingerprint density at radius 3 is 2.93 bits per heavy atom. The largest absolute Gasteiger partial charge is 0.460 e. The fraction of sp³-hybridized carbons (Fsp3) is 0.636. The number of carbonyl (C=O) groups excluding carboxylic acids is 1. The lowest BCUT2D eigenvalue weighted by molar-refractivity contribution is -0.150. The molecule has 0 bridgehead atoms. The first-order valence-electron chi connectivity index (χ1n) is 5.42. The number of esters is 1. The number of hydrogen-bond donors (Lipinski definition) is 0. The molecule has 0 amide bonds. The lowest BCUT2D eigenvalue weighted by Gasteiger charge is -2.31. The van der Waals surface area contributed by atoms with Crippen LogP contribution in [0.4, 0.5) is 0 Å². The predicted molar refractivity (Wildman–Crippen MR) is 55.3 cm³/mol. The molecular weight excluding hydrogens is 192 g/mol. The van der Waals surface area contributed by atoms with Crippen LogP contribution >= 0.6 is 0 Å². The monoisotopic (exact) mass is 208 g/mol. The lowest BCUT2D eigenvalue weighted by Crippen LogP contribution is -2.31. The van der Waals surface area contributed by atoms with E-state index in [-0.39, 0.29) is 18.1 Å². The van der Waals surface area contributed by atoms with E-state index in [9.17, 15) is 4.79 Å². The van der Waals surface area contributed by atoms with Crippen molar-refractivity contribution in [1.82, 2.24) is 9.55 Å². The van der Waals surface area contributed by atoms with Crippen molar-refractivity contribution in [2.45, 2.75) is 44.8 Å². The Bertz CT molecular complexity index is 321. The van der Waals surface area contributed by atoms with Crippen LogP contribution in [0.25, 0.3) is 0 Å². The maximum atomic E-state index is 11.0. The van der Waals surface area contributed by atoms with Gasteiger partial charge in [-0.15, -0.1) is 0 Å². The molecule has 2 atom stereocenters. The van der Waals surface area contributed by atoms with Gasteiger partial charge >= 0.3 is 5.97 Å². The molecule has 2 rings (SSSR count). The van der Waals surface area contributed by atoms with E-state index >= 15 is 0 Å². The van der Waals surface area contributed by atoms with Crippen molar-refractivity contribution < 1.29 is 9.53 Å². The topological polar surface area (TPSA) is 44.1 Å². The van der Waals surface area contributed by atoms with Gasteiger partial charge in [0.1, 0.15) is 6.10 Å². The van der Waals surface area contributed by atoms with Crippen molar-refractivity contribution in [1.29, 1.82) is 0 Å². The minimum atomic E-state index is -0.188. The molecule has 1 aromatic rings. The van der Waals surface area contributed by atoms with Gasteiger partial charge in [-0.2, -0.15) is 0 Å². The van der Waals surface area contributed by atoms with E-state index in [1.54, 1.807) is 12.5 Å². The zero-order valence-electron chi connectivity index (χ0n) is 8.93. The number of rotatable bonds is 2. The van der Waals surface area contributed by atoms with Crippen LogP contribution in [0.2, 0.25) is 0 Å². The summed E-state index contributed by atoms with van der Waals surface area (Å²) in [6.45, 7) is 1.47. The third-order valence-corrected chi connectivity index (χ3v) is 2.89. The number of aromatic nitrogens is 2. The van der Waals surface area contributed by atoms with Gasteiger partial charge in [-0.1, -0.05) is 6.42 Å². The van der Waals surface area contributed by atoms with Gasteiger partial charge < -0.3 is 9.30 Å². The molecule has 4 nitrogen and oxygen atoms in total. The fourth-order valence-corrected chi connectivity index (χ4v) is 2.23. The van der Waals surface area contributed by atoms with Crippen LogP contribution in [0.3, 0.4) is 0 Å². The molecule has 0 spiro atoms. The maximum absolute atomic E-state index is 11.0. The maximum Gasteiger partial charge on any atom is 0.302 e. The first-order valence-corrected chi connectivity index (χ1v) is 5.42. The van der Waals surface area contributed by atoms with Crippen LogP contribution in [-0.2, 0) is 9.53 Å². The molecule has 0 radical (unpaired) electrons. The minimum absolute atomic E-state index is 0.0189. The van der Waals surface area contributed by atoms with Crippen molar-refractivity contribution in [3.8, 4) is 0 Å². The molecule has 0 saturated heterocycles. The average molecular weight is 208 g/mol. The molecule has 1 heterocycles. The quantitative estimate of drug-likeness (QED) is 0.697. The molecule has 82 valence electrons. The standard InChI is InChI=1S/C11H16N2O2/c1-9(14)15-11-5-3-2-4-10(11)13-7-6-12-8-13/h6-8,10-11H,2-5H2,1H3/t10-,11-/m0/s1. The molecule has 15 heavy (non-hydrogen) atoms. The second kappa shape index (κ2) is 4.47. The van der Waals surface area contributed by atoms with Crippen LogP contribution < -0.4 is 0 Å². The zero-order chi connectivity index (χ0) is 10.7. The molecular formula is C11H16N2O2. The van der Waals surface area contributed by atoms with Gasteiger partial charge in [-0.25, -0.2) is 4.98 Å². The third-order valence-electron chi connectivity index (χ3n) is 2.89. The van der Waals surface area contributed by atoms with Crippen molar-refractivity contribution in [3.63, 3.8) is 0 Å². The second-order valence-corrected chi connectivity index (χ2v) is 4.01. The summed E-state index contributed by atoms with van der Waals surface area (Å²) in [6.07, 6.45) is 9.88. The van der Waals surface area contributed by atoms with Crippen LogP contribution in [0.1, 0.15) is 38.6 Å². The number of ether oxygens (including phenoxy) is 1. The first-order chi connectivity index (χ1) is 7.27. The highest BCUT2D eigenvalue weighted by atomic mass is 16.5. The lowest BCUT2D eigenvalue weighted by atomic mass is 9.92. The Kier molecular flexibility index (Phi) is 3.04. The molecule has 0 aliphatic heterocycles. The van der Waals surface area contributed by atoms with E-state index in [0.29, 0.717) is 0 Å². The number of imidazole rings is 1. The van der Waals surface area contributed by atoms with Crippen molar-refractivity contribution in [2.75, 3.05) is 0 Å².